The number of anilines is 1. The van der Waals surface area contributed by atoms with Crippen LogP contribution in [0.25, 0.3) is 21.7 Å². The van der Waals surface area contributed by atoms with Crippen molar-refractivity contribution in [1.29, 1.82) is 0 Å². The molecule has 4 rings (SSSR count). The Labute approximate surface area is 105 Å². The molecule has 1 aliphatic carbocycles. The van der Waals surface area contributed by atoms with Crippen molar-refractivity contribution in [1.82, 2.24) is 4.98 Å². The quantitative estimate of drug-likeness (QED) is 0.649. The Balaban J connectivity index is 2.15. The van der Waals surface area contributed by atoms with Crippen LogP contribution in [0, 0.1) is 0 Å². The summed E-state index contributed by atoms with van der Waals surface area (Å²) in [6.45, 7) is 0. The zero-order valence-electron chi connectivity index (χ0n) is 10.1. The van der Waals surface area contributed by atoms with Crippen LogP contribution in [0.2, 0.25) is 0 Å². The molecule has 0 bridgehead atoms. The number of rotatable bonds is 1. The van der Waals surface area contributed by atoms with E-state index in [1.54, 1.807) is 0 Å². The highest BCUT2D eigenvalue weighted by Crippen LogP contribution is 2.41. The van der Waals surface area contributed by atoms with Crippen LogP contribution >= 0.6 is 0 Å². The van der Waals surface area contributed by atoms with Gasteiger partial charge in [-0.2, -0.15) is 0 Å². The lowest BCUT2D eigenvalue weighted by Crippen LogP contribution is -1.95. The van der Waals surface area contributed by atoms with Gasteiger partial charge in [0.1, 0.15) is 0 Å². The Morgan fingerprint density at radius 1 is 1.00 bits per heavy atom. The molecule has 0 amide bonds. The number of aromatic nitrogens is 1. The van der Waals surface area contributed by atoms with Gasteiger partial charge in [-0.05, 0) is 24.3 Å². The van der Waals surface area contributed by atoms with Gasteiger partial charge in [0.2, 0.25) is 0 Å². The monoisotopic (exact) mass is 234 g/mol. The smallest absolute Gasteiger partial charge is 0.0804 e. The predicted molar refractivity (Wildman–Crippen MR) is 75.6 cm³/mol. The molecule has 2 nitrogen and oxygen atoms in total. The highest BCUT2D eigenvalue weighted by Gasteiger charge is 2.25. The van der Waals surface area contributed by atoms with E-state index in [0.717, 1.165) is 22.3 Å². The molecule has 3 aromatic rings. The molecule has 0 aliphatic heterocycles. The molecule has 18 heavy (non-hydrogen) atoms. The zero-order chi connectivity index (χ0) is 12.1. The topological polar surface area (TPSA) is 38.9 Å². The van der Waals surface area contributed by atoms with Crippen LogP contribution in [0.4, 0.5) is 5.69 Å². The summed E-state index contributed by atoms with van der Waals surface area (Å²) >= 11 is 0. The number of nitrogen functional groups attached to an aromatic ring is 1. The third-order valence-corrected chi connectivity index (χ3v) is 3.75. The number of nitrogens with two attached hydrogens (primary N) is 1. The fourth-order valence-electron chi connectivity index (χ4n) is 2.60. The van der Waals surface area contributed by atoms with Gasteiger partial charge in [0.15, 0.2) is 0 Å². The number of hydrogen-bond donors (Lipinski definition) is 1. The van der Waals surface area contributed by atoms with Crippen molar-refractivity contribution in [3.8, 4) is 0 Å². The zero-order valence-corrected chi connectivity index (χ0v) is 10.1. The average Bonchev–Trinajstić information content (AvgIpc) is 3.22. The minimum Gasteiger partial charge on any atom is -0.398 e. The maximum atomic E-state index is 6.17. The fraction of sp³-hybridized carbons (Fsp3) is 0.188. The second-order valence-corrected chi connectivity index (χ2v) is 5.09. The van der Waals surface area contributed by atoms with Crippen molar-refractivity contribution in [2.75, 3.05) is 5.73 Å². The highest BCUT2D eigenvalue weighted by atomic mass is 14.7. The summed E-state index contributed by atoms with van der Waals surface area (Å²) in [5, 5.41) is 3.49. The van der Waals surface area contributed by atoms with Crippen molar-refractivity contribution < 1.29 is 0 Å². The van der Waals surface area contributed by atoms with E-state index >= 15 is 0 Å². The average molecular weight is 234 g/mol. The van der Waals surface area contributed by atoms with Gasteiger partial charge in [0.25, 0.3) is 0 Å². The first-order chi connectivity index (χ1) is 8.83. The third kappa shape index (κ3) is 1.39. The van der Waals surface area contributed by atoms with E-state index in [9.17, 15) is 0 Å². The normalized spacial score (nSPS) is 15.3. The maximum absolute atomic E-state index is 6.17. The van der Waals surface area contributed by atoms with E-state index in [1.807, 2.05) is 0 Å². The van der Waals surface area contributed by atoms with Crippen molar-refractivity contribution in [3.05, 3.63) is 48.2 Å². The number of hydrogen-bond acceptors (Lipinski definition) is 2. The van der Waals surface area contributed by atoms with Gasteiger partial charge in [-0.25, -0.2) is 0 Å². The van der Waals surface area contributed by atoms with Gasteiger partial charge < -0.3 is 5.73 Å². The van der Waals surface area contributed by atoms with E-state index in [0.29, 0.717) is 5.92 Å². The molecule has 1 heterocycles. The van der Waals surface area contributed by atoms with E-state index in [-0.39, 0.29) is 0 Å². The molecule has 0 radical (unpaired) electrons. The molecule has 88 valence electrons. The molecule has 0 atom stereocenters. The first-order valence-corrected chi connectivity index (χ1v) is 6.41. The summed E-state index contributed by atoms with van der Waals surface area (Å²) in [5.74, 6) is 0.635. The van der Waals surface area contributed by atoms with E-state index in [1.165, 1.54) is 23.6 Å². The predicted octanol–water partition coefficient (Wildman–Crippen LogP) is 3.85. The van der Waals surface area contributed by atoms with Gasteiger partial charge in [-0.3, -0.25) is 4.98 Å². The van der Waals surface area contributed by atoms with Gasteiger partial charge in [0, 0.05) is 28.1 Å². The lowest BCUT2D eigenvalue weighted by Gasteiger charge is -2.08. The van der Waals surface area contributed by atoms with Crippen LogP contribution in [-0.2, 0) is 0 Å². The Morgan fingerprint density at radius 3 is 2.67 bits per heavy atom. The molecular weight excluding hydrogens is 220 g/mol. The summed E-state index contributed by atoms with van der Waals surface area (Å²) in [6, 6.07) is 14.6. The van der Waals surface area contributed by atoms with Gasteiger partial charge in [0.05, 0.1) is 5.52 Å². The molecule has 1 fully saturated rings. The van der Waals surface area contributed by atoms with E-state index in [4.69, 9.17) is 10.7 Å². The molecule has 1 aromatic heterocycles. The molecule has 1 aliphatic rings. The molecule has 2 aromatic carbocycles. The lowest BCUT2D eigenvalue weighted by atomic mass is 10.0. The van der Waals surface area contributed by atoms with Crippen molar-refractivity contribution >= 4 is 27.4 Å². The maximum Gasteiger partial charge on any atom is 0.0804 e. The minimum absolute atomic E-state index is 0.635. The third-order valence-electron chi connectivity index (χ3n) is 3.75. The first-order valence-electron chi connectivity index (χ1n) is 6.41. The number of pyridine rings is 1. The van der Waals surface area contributed by atoms with Crippen LogP contribution < -0.4 is 5.73 Å². The minimum atomic E-state index is 0.635. The van der Waals surface area contributed by atoms with Crippen LogP contribution in [0.5, 0.6) is 0 Å². The second-order valence-electron chi connectivity index (χ2n) is 5.09. The van der Waals surface area contributed by atoms with E-state index < -0.39 is 0 Å². The fourth-order valence-corrected chi connectivity index (χ4v) is 2.60. The van der Waals surface area contributed by atoms with Crippen molar-refractivity contribution in [3.63, 3.8) is 0 Å². The molecule has 0 spiro atoms. The Hall–Kier alpha value is -2.09. The number of fused-ring (bicyclic) bond motifs is 3. The Morgan fingerprint density at radius 2 is 1.83 bits per heavy atom. The number of nitrogens with zero attached hydrogens (tertiary/aromatic N) is 1. The first kappa shape index (κ1) is 9.89. The molecule has 2 N–H and O–H groups in total. The lowest BCUT2D eigenvalue weighted by molar-refractivity contribution is 1.05. The summed E-state index contributed by atoms with van der Waals surface area (Å²) in [6.07, 6.45) is 2.51. The Bertz CT molecular complexity index is 757. The molecule has 0 unspecified atom stereocenters. The van der Waals surface area contributed by atoms with E-state index in [2.05, 4.69) is 42.5 Å². The molecule has 0 saturated heterocycles. The van der Waals surface area contributed by atoms with Crippen molar-refractivity contribution in [2.24, 2.45) is 0 Å². The van der Waals surface area contributed by atoms with Gasteiger partial charge >= 0.3 is 0 Å². The van der Waals surface area contributed by atoms with Gasteiger partial charge in [-0.1, -0.05) is 36.4 Å². The van der Waals surface area contributed by atoms with Crippen molar-refractivity contribution in [2.45, 2.75) is 18.8 Å². The number of benzene rings is 2. The highest BCUT2D eigenvalue weighted by molar-refractivity contribution is 6.08. The molecule has 1 saturated carbocycles. The summed E-state index contributed by atoms with van der Waals surface area (Å²) in [4.78, 5) is 4.85. The second kappa shape index (κ2) is 3.45. The summed E-state index contributed by atoms with van der Waals surface area (Å²) < 4.78 is 0. The van der Waals surface area contributed by atoms with Crippen LogP contribution in [-0.4, -0.2) is 4.98 Å². The summed E-state index contributed by atoms with van der Waals surface area (Å²) in [7, 11) is 0. The van der Waals surface area contributed by atoms with Crippen LogP contribution in [0.15, 0.2) is 42.5 Å². The van der Waals surface area contributed by atoms with Crippen LogP contribution in [0.1, 0.15) is 24.5 Å². The Kier molecular flexibility index (Phi) is 1.90. The molecular formula is C16H14N2. The largest absolute Gasteiger partial charge is 0.398 e. The van der Waals surface area contributed by atoms with Gasteiger partial charge in [-0.15, -0.1) is 0 Å². The molecule has 2 heteroatoms. The van der Waals surface area contributed by atoms with Crippen LogP contribution in [0.3, 0.4) is 0 Å². The summed E-state index contributed by atoms with van der Waals surface area (Å²) in [5.41, 5.74) is 9.24. The SMILES string of the molecule is Nc1cc(C2CC2)nc2c1ccc1ccccc12. The standard InChI is InChI=1S/C16H14N2/c17-14-9-15(11-5-6-11)18-16-12-4-2-1-3-10(12)7-8-13(14)16/h1-4,7-9,11H,5-6H2,(H2,17,18).